The minimum atomic E-state index is -3.53. The van der Waals surface area contributed by atoms with E-state index >= 15 is 0 Å². The van der Waals surface area contributed by atoms with Crippen LogP contribution in [0.25, 0.3) is 0 Å². The topological polar surface area (TPSA) is 128 Å². The van der Waals surface area contributed by atoms with E-state index in [4.69, 9.17) is 22.1 Å². The van der Waals surface area contributed by atoms with E-state index in [2.05, 4.69) is 10.3 Å². The first-order valence-corrected chi connectivity index (χ1v) is 14.4. The summed E-state index contributed by atoms with van der Waals surface area (Å²) in [5, 5.41) is 2.95. The minimum absolute atomic E-state index is 0.00496. The molecule has 2 aromatic carbocycles. The van der Waals surface area contributed by atoms with Crippen molar-refractivity contribution in [3.63, 3.8) is 0 Å². The van der Waals surface area contributed by atoms with E-state index < -0.39 is 37.3 Å². The third kappa shape index (κ3) is 7.35. The van der Waals surface area contributed by atoms with Gasteiger partial charge in [0.05, 0.1) is 0 Å². The van der Waals surface area contributed by atoms with Crippen molar-refractivity contribution >= 4 is 57.8 Å². The van der Waals surface area contributed by atoms with Gasteiger partial charge in [-0.25, -0.2) is 0 Å². The molecule has 3 aromatic rings. The number of pyridine rings is 1. The average Bonchev–Trinajstić information content (AvgIpc) is 2.81. The van der Waals surface area contributed by atoms with Gasteiger partial charge in [0.15, 0.2) is 0 Å². The quantitative estimate of drug-likeness (QED) is 0.278. The van der Waals surface area contributed by atoms with Crippen LogP contribution in [0.3, 0.4) is 0 Å². The van der Waals surface area contributed by atoms with Crippen molar-refractivity contribution in [2.45, 2.75) is 11.3 Å². The number of sulfone groups is 1. The molecule has 0 spiro atoms. The first kappa shape index (κ1) is 26.8. The van der Waals surface area contributed by atoms with Gasteiger partial charge >= 0.3 is 214 Å². The summed E-state index contributed by atoms with van der Waals surface area (Å²) in [7, 11) is -3.53. The molecule has 0 aliphatic carbocycles. The number of nitrogens with zero attached hydrogens (tertiary/aromatic N) is 1. The van der Waals surface area contributed by atoms with Crippen LogP contribution < -0.4 is 20.1 Å². The number of nitrogens with two attached hydrogens (primary N) is 1. The molecule has 12 heteroatoms. The zero-order valence-corrected chi connectivity index (χ0v) is 21.9. The summed E-state index contributed by atoms with van der Waals surface area (Å²) in [5.41, 5.74) is 5.66. The normalized spacial score (nSPS) is 11.5. The zero-order chi connectivity index (χ0) is 25.6. The summed E-state index contributed by atoms with van der Waals surface area (Å²) >= 11 is 4.49. The van der Waals surface area contributed by atoms with Crippen molar-refractivity contribution < 1.29 is 27.1 Å². The van der Waals surface area contributed by atoms with E-state index in [-0.39, 0.29) is 38.8 Å². The number of halogens is 2. The number of carbonyl (C=O) groups is 2. The standard InChI is InChI=1S/C23H21AsClFN3O5S/c1-35(32,33)16-5-6-17(20(12-16)34-10-2-9-27)22(30)24-19-7-4-15(26)11-18(19)23(31)29-21-8-3-14(25)13-28-21/h3-8,11-13H,2,9-10,27H2,1H3,(H,28,29,31). The van der Waals surface area contributed by atoms with Gasteiger partial charge in [0.2, 0.25) is 0 Å². The van der Waals surface area contributed by atoms with Crippen LogP contribution >= 0.6 is 11.6 Å². The molecular formula is C23H21AsClFN3O5S. The molecule has 183 valence electrons. The fourth-order valence-corrected chi connectivity index (χ4v) is 5.65. The number of ether oxygens (including phenoxy) is 1. The van der Waals surface area contributed by atoms with Crippen LogP contribution in [0.2, 0.25) is 5.02 Å². The SMILES string of the molecule is CS(=O)(=O)c1ccc(C(=O)[As]c2ccc(F)cc2C(=O)Nc2ccc(Cl)cn2)c(OCCCN)c1. The Balaban J connectivity index is 1.90. The first-order valence-electron chi connectivity index (χ1n) is 10.2. The number of hydrogen-bond donors (Lipinski definition) is 2. The van der Waals surface area contributed by atoms with Gasteiger partial charge in [-0.2, -0.15) is 0 Å². The van der Waals surface area contributed by atoms with Gasteiger partial charge in [-0.3, -0.25) is 0 Å². The second-order valence-corrected chi connectivity index (χ2v) is 12.1. The number of benzene rings is 2. The van der Waals surface area contributed by atoms with Crippen LogP contribution in [0.15, 0.2) is 59.6 Å². The molecular weight excluding hydrogens is 560 g/mol. The van der Waals surface area contributed by atoms with E-state index in [0.29, 0.717) is 22.3 Å². The fourth-order valence-electron chi connectivity index (χ4n) is 2.89. The van der Waals surface area contributed by atoms with E-state index in [1.165, 1.54) is 42.6 Å². The Morgan fingerprint density at radius 1 is 1.14 bits per heavy atom. The maximum atomic E-state index is 14.0. The van der Waals surface area contributed by atoms with Gasteiger partial charge in [-0.15, -0.1) is 0 Å². The van der Waals surface area contributed by atoms with Crippen LogP contribution in [0, 0.1) is 5.82 Å². The molecule has 0 saturated carbocycles. The van der Waals surface area contributed by atoms with Crippen molar-refractivity contribution in [3.05, 3.63) is 76.7 Å². The molecule has 0 fully saturated rings. The van der Waals surface area contributed by atoms with Crippen molar-refractivity contribution in [1.82, 2.24) is 4.98 Å². The Kier molecular flexibility index (Phi) is 9.02. The maximum absolute atomic E-state index is 14.0. The van der Waals surface area contributed by atoms with E-state index in [1.807, 2.05) is 0 Å². The third-order valence-electron chi connectivity index (χ3n) is 4.61. The zero-order valence-electron chi connectivity index (χ0n) is 18.5. The molecule has 0 atom stereocenters. The predicted octanol–water partition coefficient (Wildman–Crippen LogP) is 2.43. The second kappa shape index (κ2) is 11.8. The van der Waals surface area contributed by atoms with Gasteiger partial charge < -0.3 is 0 Å². The van der Waals surface area contributed by atoms with Gasteiger partial charge in [-0.05, 0) is 0 Å². The Hall–Kier alpha value is -2.78. The van der Waals surface area contributed by atoms with E-state index in [9.17, 15) is 22.4 Å². The molecule has 35 heavy (non-hydrogen) atoms. The molecule has 1 heterocycles. The summed E-state index contributed by atoms with van der Waals surface area (Å²) in [4.78, 5) is 30.0. The molecule has 1 amide bonds. The van der Waals surface area contributed by atoms with Gasteiger partial charge in [0.25, 0.3) is 0 Å². The number of nitrogens with one attached hydrogen (secondary N) is 1. The average molecular weight is 581 g/mol. The molecule has 1 radical (unpaired) electrons. The molecule has 0 aliphatic heterocycles. The summed E-state index contributed by atoms with van der Waals surface area (Å²) in [6.07, 6.45) is 2.91. The van der Waals surface area contributed by atoms with Gasteiger partial charge in [0, 0.05) is 0 Å². The number of aromatic nitrogens is 1. The molecule has 0 unspecified atom stereocenters. The van der Waals surface area contributed by atoms with Crippen molar-refractivity contribution in [1.29, 1.82) is 0 Å². The number of hydrogen-bond acceptors (Lipinski definition) is 7. The predicted molar refractivity (Wildman–Crippen MR) is 132 cm³/mol. The van der Waals surface area contributed by atoms with Crippen LogP contribution in [0.5, 0.6) is 5.75 Å². The van der Waals surface area contributed by atoms with Crippen LogP contribution in [0.1, 0.15) is 27.1 Å². The Morgan fingerprint density at radius 2 is 1.91 bits per heavy atom. The molecule has 0 saturated heterocycles. The molecule has 3 N–H and O–H groups in total. The van der Waals surface area contributed by atoms with Crippen LogP contribution in [-0.2, 0) is 9.84 Å². The van der Waals surface area contributed by atoms with Gasteiger partial charge in [-0.1, -0.05) is 0 Å². The van der Waals surface area contributed by atoms with Crippen molar-refractivity contribution in [3.8, 4) is 5.75 Å². The van der Waals surface area contributed by atoms with Crippen LogP contribution in [0.4, 0.5) is 10.2 Å². The first-order chi connectivity index (χ1) is 16.6. The van der Waals surface area contributed by atoms with Crippen molar-refractivity contribution in [2.24, 2.45) is 5.73 Å². The fraction of sp³-hybridized carbons (Fsp3) is 0.174. The number of amides is 1. The summed E-state index contributed by atoms with van der Waals surface area (Å²) in [6.45, 7) is 0.552. The monoisotopic (exact) mass is 580 g/mol. The molecule has 0 bridgehead atoms. The number of rotatable bonds is 10. The Morgan fingerprint density at radius 3 is 2.57 bits per heavy atom. The summed E-state index contributed by atoms with van der Waals surface area (Å²) in [6, 6.07) is 10.6. The van der Waals surface area contributed by atoms with Gasteiger partial charge in [0.1, 0.15) is 0 Å². The summed E-state index contributed by atoms with van der Waals surface area (Å²) in [5.74, 6) is -0.950. The second-order valence-electron chi connectivity index (χ2n) is 7.32. The van der Waals surface area contributed by atoms with Crippen molar-refractivity contribution in [2.75, 3.05) is 24.7 Å². The Labute approximate surface area is 213 Å². The molecule has 0 aliphatic rings. The Bertz CT molecular complexity index is 1350. The van der Waals surface area contributed by atoms with Crippen LogP contribution in [-0.4, -0.2) is 59.0 Å². The number of carbonyl (C=O) groups excluding carboxylic acids is 2. The summed E-state index contributed by atoms with van der Waals surface area (Å²) < 4.78 is 43.6. The molecule has 8 nitrogen and oxygen atoms in total. The molecule has 1 aromatic heterocycles. The van der Waals surface area contributed by atoms with E-state index in [0.717, 1.165) is 12.3 Å². The third-order valence-corrected chi connectivity index (χ3v) is 8.20. The molecule has 3 rings (SSSR count). The van der Waals surface area contributed by atoms with E-state index in [1.54, 1.807) is 6.07 Å². The number of anilines is 1.